The van der Waals surface area contributed by atoms with E-state index in [9.17, 15) is 0 Å². The second-order valence-corrected chi connectivity index (χ2v) is 6.17. The number of rotatable bonds is 3. The molecule has 0 saturated heterocycles. The van der Waals surface area contributed by atoms with Gasteiger partial charge in [-0.15, -0.1) is 10.2 Å². The second kappa shape index (κ2) is 6.12. The highest BCUT2D eigenvalue weighted by Crippen LogP contribution is 2.34. The van der Waals surface area contributed by atoms with Gasteiger partial charge in [0, 0.05) is 18.2 Å². The molecule has 0 unspecified atom stereocenters. The molecule has 3 heterocycles. The maximum atomic E-state index is 6.13. The lowest BCUT2D eigenvalue weighted by Crippen LogP contribution is -2.24. The highest BCUT2D eigenvalue weighted by molar-refractivity contribution is 6.30. The van der Waals surface area contributed by atoms with Crippen LogP contribution in [0.1, 0.15) is 37.4 Å². The van der Waals surface area contributed by atoms with E-state index in [2.05, 4.69) is 25.1 Å². The molecule has 1 aliphatic carbocycles. The van der Waals surface area contributed by atoms with Gasteiger partial charge in [0.05, 0.1) is 10.9 Å². The molecule has 118 valence electrons. The van der Waals surface area contributed by atoms with Crippen LogP contribution in [0, 0.1) is 0 Å². The molecule has 6 nitrogen and oxygen atoms in total. The van der Waals surface area contributed by atoms with Crippen LogP contribution in [0.25, 0.3) is 10.9 Å². The van der Waals surface area contributed by atoms with Gasteiger partial charge >= 0.3 is 0 Å². The Kier molecular flexibility index (Phi) is 3.83. The van der Waals surface area contributed by atoms with Gasteiger partial charge in [0.15, 0.2) is 0 Å². The molecule has 4 rings (SSSR count). The number of H-pyrrole nitrogens is 1. The zero-order chi connectivity index (χ0) is 15.6. The summed E-state index contributed by atoms with van der Waals surface area (Å²) in [6, 6.07) is 5.59. The molecular weight excluding hydrogens is 314 g/mol. The first-order valence-electron chi connectivity index (χ1n) is 7.73. The zero-order valence-corrected chi connectivity index (χ0v) is 13.2. The van der Waals surface area contributed by atoms with Gasteiger partial charge in [-0.05, 0) is 37.8 Å². The Morgan fingerprint density at radius 2 is 2.09 bits per heavy atom. The molecule has 7 heteroatoms. The SMILES string of the molecule is Clc1cc2ncccc2c(O[C@H]2CC[C@@H](c3nnc[nH]3)CC2)n1. The summed E-state index contributed by atoms with van der Waals surface area (Å²) in [6.07, 6.45) is 7.48. The van der Waals surface area contributed by atoms with Crippen LogP contribution in [-0.4, -0.2) is 31.3 Å². The van der Waals surface area contributed by atoms with Crippen LogP contribution in [0.5, 0.6) is 5.88 Å². The van der Waals surface area contributed by atoms with Crippen molar-refractivity contribution in [3.63, 3.8) is 0 Å². The Labute approximate surface area is 138 Å². The Bertz CT molecular complexity index is 799. The van der Waals surface area contributed by atoms with Crippen molar-refractivity contribution < 1.29 is 4.74 Å². The van der Waals surface area contributed by atoms with E-state index in [0.29, 0.717) is 17.0 Å². The van der Waals surface area contributed by atoms with Gasteiger partial charge in [-0.3, -0.25) is 4.98 Å². The first-order valence-corrected chi connectivity index (χ1v) is 8.11. The predicted octanol–water partition coefficient (Wildman–Crippen LogP) is 3.51. The molecule has 3 aromatic heterocycles. The summed E-state index contributed by atoms with van der Waals surface area (Å²) >= 11 is 6.08. The van der Waals surface area contributed by atoms with Crippen molar-refractivity contribution in [2.45, 2.75) is 37.7 Å². The lowest BCUT2D eigenvalue weighted by molar-refractivity contribution is 0.141. The number of halogens is 1. The summed E-state index contributed by atoms with van der Waals surface area (Å²) in [5.41, 5.74) is 0.804. The summed E-state index contributed by atoms with van der Waals surface area (Å²) < 4.78 is 6.13. The fourth-order valence-corrected chi connectivity index (χ4v) is 3.31. The number of ether oxygens (including phenoxy) is 1. The smallest absolute Gasteiger partial charge is 0.224 e. The van der Waals surface area contributed by atoms with Crippen molar-refractivity contribution in [2.75, 3.05) is 0 Å². The highest BCUT2D eigenvalue weighted by Gasteiger charge is 2.26. The molecule has 1 fully saturated rings. The minimum atomic E-state index is 0.142. The van der Waals surface area contributed by atoms with Gasteiger partial charge < -0.3 is 9.72 Å². The van der Waals surface area contributed by atoms with Crippen LogP contribution >= 0.6 is 11.6 Å². The molecule has 1 saturated carbocycles. The second-order valence-electron chi connectivity index (χ2n) is 5.79. The van der Waals surface area contributed by atoms with Crippen molar-refractivity contribution in [1.82, 2.24) is 25.1 Å². The lowest BCUT2D eigenvalue weighted by atomic mass is 9.87. The summed E-state index contributed by atoms with van der Waals surface area (Å²) in [7, 11) is 0. The lowest BCUT2D eigenvalue weighted by Gasteiger charge is -2.27. The molecule has 3 aromatic rings. The van der Waals surface area contributed by atoms with Crippen LogP contribution < -0.4 is 4.74 Å². The summed E-state index contributed by atoms with van der Waals surface area (Å²) in [5.74, 6) is 1.98. The van der Waals surface area contributed by atoms with Crippen molar-refractivity contribution in [1.29, 1.82) is 0 Å². The van der Waals surface area contributed by atoms with Crippen molar-refractivity contribution in [2.24, 2.45) is 0 Å². The summed E-state index contributed by atoms with van der Waals surface area (Å²) in [5, 5.41) is 9.28. The summed E-state index contributed by atoms with van der Waals surface area (Å²) in [6.45, 7) is 0. The third-order valence-corrected chi connectivity index (χ3v) is 4.50. The molecule has 1 aliphatic rings. The molecule has 0 radical (unpaired) electrons. The van der Waals surface area contributed by atoms with Gasteiger partial charge in [-0.2, -0.15) is 0 Å². The predicted molar refractivity (Wildman–Crippen MR) is 86.6 cm³/mol. The molecular formula is C16H16ClN5O. The average molecular weight is 330 g/mol. The van der Waals surface area contributed by atoms with E-state index in [-0.39, 0.29) is 6.10 Å². The fraction of sp³-hybridized carbons (Fsp3) is 0.375. The van der Waals surface area contributed by atoms with Gasteiger partial charge in [0.1, 0.15) is 23.4 Å². The molecule has 0 amide bonds. The number of aromatic nitrogens is 5. The van der Waals surface area contributed by atoms with E-state index in [4.69, 9.17) is 16.3 Å². The van der Waals surface area contributed by atoms with Crippen molar-refractivity contribution in [3.8, 4) is 5.88 Å². The zero-order valence-electron chi connectivity index (χ0n) is 12.4. The van der Waals surface area contributed by atoms with Crippen molar-refractivity contribution >= 4 is 22.5 Å². The average Bonchev–Trinajstić information content (AvgIpc) is 3.10. The topological polar surface area (TPSA) is 76.6 Å². The number of nitrogens with one attached hydrogen (secondary N) is 1. The molecule has 0 aromatic carbocycles. The van der Waals surface area contributed by atoms with Crippen LogP contribution in [-0.2, 0) is 0 Å². The van der Waals surface area contributed by atoms with Gasteiger partial charge in [-0.25, -0.2) is 4.98 Å². The summed E-state index contributed by atoms with van der Waals surface area (Å²) in [4.78, 5) is 11.8. The van der Waals surface area contributed by atoms with Crippen molar-refractivity contribution in [3.05, 3.63) is 41.7 Å². The highest BCUT2D eigenvalue weighted by atomic mass is 35.5. The third-order valence-electron chi connectivity index (χ3n) is 4.31. The Morgan fingerprint density at radius 1 is 1.22 bits per heavy atom. The quantitative estimate of drug-likeness (QED) is 0.744. The normalized spacial score (nSPS) is 21.4. The number of nitrogens with zero attached hydrogens (tertiary/aromatic N) is 4. The molecule has 0 spiro atoms. The monoisotopic (exact) mass is 329 g/mol. The number of hydrogen-bond donors (Lipinski definition) is 1. The van der Waals surface area contributed by atoms with Crippen LogP contribution in [0.3, 0.4) is 0 Å². The van der Waals surface area contributed by atoms with Gasteiger partial charge in [0.25, 0.3) is 0 Å². The molecule has 0 bridgehead atoms. The Morgan fingerprint density at radius 3 is 2.87 bits per heavy atom. The number of pyridine rings is 2. The Balaban J connectivity index is 1.49. The first kappa shape index (κ1) is 14.4. The number of fused-ring (bicyclic) bond motifs is 1. The van der Waals surface area contributed by atoms with E-state index in [1.165, 1.54) is 0 Å². The van der Waals surface area contributed by atoms with E-state index in [1.54, 1.807) is 18.6 Å². The maximum absolute atomic E-state index is 6.13. The van der Waals surface area contributed by atoms with Gasteiger partial charge in [0.2, 0.25) is 5.88 Å². The van der Waals surface area contributed by atoms with Crippen LogP contribution in [0.15, 0.2) is 30.7 Å². The Hall–Kier alpha value is -2.21. The minimum Gasteiger partial charge on any atom is -0.474 e. The molecule has 0 atom stereocenters. The molecule has 23 heavy (non-hydrogen) atoms. The molecule has 1 N–H and O–H groups in total. The van der Waals surface area contributed by atoms with E-state index in [0.717, 1.165) is 42.4 Å². The van der Waals surface area contributed by atoms with Crippen LogP contribution in [0.4, 0.5) is 0 Å². The van der Waals surface area contributed by atoms with Gasteiger partial charge in [-0.1, -0.05) is 11.6 Å². The number of aromatic amines is 1. The first-order chi connectivity index (χ1) is 11.3. The standard InChI is InChI=1S/C16H16ClN5O/c17-14-8-13-12(2-1-7-18-13)16(21-14)23-11-5-3-10(4-6-11)15-19-9-20-22-15/h1-2,7-11H,3-6H2,(H,19,20,22)/t10-,11+. The van der Waals surface area contributed by atoms with E-state index < -0.39 is 0 Å². The maximum Gasteiger partial charge on any atom is 0.224 e. The minimum absolute atomic E-state index is 0.142. The number of hydrogen-bond acceptors (Lipinski definition) is 5. The fourth-order valence-electron chi connectivity index (χ4n) is 3.13. The van der Waals surface area contributed by atoms with E-state index >= 15 is 0 Å². The molecule has 0 aliphatic heterocycles. The van der Waals surface area contributed by atoms with E-state index in [1.807, 2.05) is 12.1 Å². The third kappa shape index (κ3) is 2.99. The largest absolute Gasteiger partial charge is 0.474 e. The van der Waals surface area contributed by atoms with Crippen LogP contribution in [0.2, 0.25) is 5.15 Å².